The Morgan fingerprint density at radius 3 is 2.56 bits per heavy atom. The van der Waals surface area contributed by atoms with E-state index in [1.165, 1.54) is 0 Å². The number of aryl methyl sites for hydroxylation is 1. The third-order valence-corrected chi connectivity index (χ3v) is 5.97. The zero-order valence-corrected chi connectivity index (χ0v) is 15.5. The lowest BCUT2D eigenvalue weighted by atomic mass is 9.98. The maximum Gasteiger partial charge on any atom is 0.255 e. The molecule has 0 bridgehead atoms. The lowest BCUT2D eigenvalue weighted by molar-refractivity contribution is 0.0779. The molecule has 5 heteroatoms. The number of nitrogens with one attached hydrogen (secondary N) is 1. The smallest absolute Gasteiger partial charge is 0.255 e. The SMILES string of the molecule is Cc1ccc(C(=O)N2CC3CCC(N)C3C2)cc1NC(=O)c1ccccc1. The monoisotopic (exact) mass is 363 g/mol. The van der Waals surface area contributed by atoms with Crippen LogP contribution >= 0.6 is 0 Å². The van der Waals surface area contributed by atoms with E-state index in [2.05, 4.69) is 5.32 Å². The molecule has 3 atom stereocenters. The Balaban J connectivity index is 1.50. The van der Waals surface area contributed by atoms with E-state index in [1.807, 2.05) is 42.2 Å². The Morgan fingerprint density at radius 1 is 1.04 bits per heavy atom. The number of amides is 2. The van der Waals surface area contributed by atoms with Gasteiger partial charge in [-0.1, -0.05) is 24.3 Å². The van der Waals surface area contributed by atoms with Crippen LogP contribution < -0.4 is 11.1 Å². The van der Waals surface area contributed by atoms with Gasteiger partial charge in [-0.2, -0.15) is 0 Å². The molecule has 2 amide bonds. The van der Waals surface area contributed by atoms with Gasteiger partial charge in [-0.05, 0) is 61.4 Å². The average molecular weight is 363 g/mol. The maximum atomic E-state index is 13.0. The molecule has 2 aromatic rings. The molecule has 140 valence electrons. The van der Waals surface area contributed by atoms with Gasteiger partial charge in [-0.3, -0.25) is 9.59 Å². The second-order valence-corrected chi connectivity index (χ2v) is 7.73. The van der Waals surface area contributed by atoms with Crippen LogP contribution in [-0.2, 0) is 0 Å². The molecule has 3 N–H and O–H groups in total. The Kier molecular flexibility index (Phi) is 4.70. The van der Waals surface area contributed by atoms with E-state index in [9.17, 15) is 9.59 Å². The van der Waals surface area contributed by atoms with Gasteiger partial charge in [0, 0.05) is 35.9 Å². The molecule has 1 aliphatic carbocycles. The van der Waals surface area contributed by atoms with Crippen molar-refractivity contribution in [3.8, 4) is 0 Å². The predicted molar refractivity (Wildman–Crippen MR) is 106 cm³/mol. The number of carbonyl (C=O) groups excluding carboxylic acids is 2. The van der Waals surface area contributed by atoms with Crippen molar-refractivity contribution in [2.75, 3.05) is 18.4 Å². The van der Waals surface area contributed by atoms with E-state index in [1.54, 1.807) is 18.2 Å². The topological polar surface area (TPSA) is 75.4 Å². The molecule has 1 heterocycles. The number of carbonyl (C=O) groups is 2. The van der Waals surface area contributed by atoms with Crippen molar-refractivity contribution < 1.29 is 9.59 Å². The van der Waals surface area contributed by atoms with Crippen LogP contribution in [0.25, 0.3) is 0 Å². The summed E-state index contributed by atoms with van der Waals surface area (Å²) in [6.45, 7) is 3.45. The highest BCUT2D eigenvalue weighted by molar-refractivity contribution is 6.05. The largest absolute Gasteiger partial charge is 0.338 e. The number of hydrogen-bond donors (Lipinski definition) is 2. The van der Waals surface area contributed by atoms with Crippen LogP contribution in [0.15, 0.2) is 48.5 Å². The molecule has 0 spiro atoms. The molecule has 3 unspecified atom stereocenters. The molecule has 1 aliphatic heterocycles. The van der Waals surface area contributed by atoms with E-state index in [4.69, 9.17) is 5.73 Å². The fourth-order valence-corrected chi connectivity index (χ4v) is 4.33. The molecular weight excluding hydrogens is 338 g/mol. The molecule has 0 aromatic heterocycles. The van der Waals surface area contributed by atoms with E-state index in [0.717, 1.165) is 31.5 Å². The van der Waals surface area contributed by atoms with Crippen LogP contribution in [0.1, 0.15) is 39.1 Å². The summed E-state index contributed by atoms with van der Waals surface area (Å²) in [5.41, 5.74) is 8.99. The number of fused-ring (bicyclic) bond motifs is 1. The average Bonchev–Trinajstić information content (AvgIpc) is 3.26. The molecule has 1 saturated carbocycles. The highest BCUT2D eigenvalue weighted by Gasteiger charge is 2.42. The summed E-state index contributed by atoms with van der Waals surface area (Å²) in [4.78, 5) is 27.3. The predicted octanol–water partition coefficient (Wildman–Crippen LogP) is 3.06. The number of anilines is 1. The van der Waals surface area contributed by atoms with Gasteiger partial charge in [0.15, 0.2) is 0 Å². The van der Waals surface area contributed by atoms with Crippen LogP contribution in [0.4, 0.5) is 5.69 Å². The Hall–Kier alpha value is -2.66. The summed E-state index contributed by atoms with van der Waals surface area (Å²) in [7, 11) is 0. The number of rotatable bonds is 3. The van der Waals surface area contributed by atoms with Crippen molar-refractivity contribution >= 4 is 17.5 Å². The minimum Gasteiger partial charge on any atom is -0.338 e. The molecule has 5 nitrogen and oxygen atoms in total. The summed E-state index contributed by atoms with van der Waals surface area (Å²) in [5.74, 6) is 0.806. The molecule has 2 fully saturated rings. The summed E-state index contributed by atoms with van der Waals surface area (Å²) in [6, 6.07) is 14.8. The van der Waals surface area contributed by atoms with E-state index < -0.39 is 0 Å². The van der Waals surface area contributed by atoms with Crippen molar-refractivity contribution in [2.45, 2.75) is 25.8 Å². The lowest BCUT2D eigenvalue weighted by Crippen LogP contribution is -2.33. The first-order chi connectivity index (χ1) is 13.0. The molecule has 2 aliphatic rings. The van der Waals surface area contributed by atoms with Crippen LogP contribution in [0.5, 0.6) is 0 Å². The molecular formula is C22H25N3O2. The molecule has 0 radical (unpaired) electrons. The van der Waals surface area contributed by atoms with Crippen LogP contribution in [0.2, 0.25) is 0 Å². The molecule has 2 aromatic carbocycles. The van der Waals surface area contributed by atoms with Crippen LogP contribution in [-0.4, -0.2) is 35.8 Å². The minimum atomic E-state index is -0.176. The molecule has 1 saturated heterocycles. The first-order valence-corrected chi connectivity index (χ1v) is 9.55. The van der Waals surface area contributed by atoms with Crippen molar-refractivity contribution in [2.24, 2.45) is 17.6 Å². The van der Waals surface area contributed by atoms with E-state index in [-0.39, 0.29) is 17.9 Å². The van der Waals surface area contributed by atoms with Crippen LogP contribution in [0.3, 0.4) is 0 Å². The second-order valence-electron chi connectivity index (χ2n) is 7.73. The highest BCUT2D eigenvalue weighted by atomic mass is 16.2. The Labute approximate surface area is 159 Å². The van der Waals surface area contributed by atoms with Crippen LogP contribution in [0, 0.1) is 18.8 Å². The summed E-state index contributed by atoms with van der Waals surface area (Å²) in [5, 5.41) is 2.93. The third-order valence-electron chi connectivity index (χ3n) is 5.97. The summed E-state index contributed by atoms with van der Waals surface area (Å²) < 4.78 is 0. The Bertz CT molecular complexity index is 865. The first-order valence-electron chi connectivity index (χ1n) is 9.55. The number of likely N-dealkylation sites (tertiary alicyclic amines) is 1. The van der Waals surface area contributed by atoms with Gasteiger partial charge < -0.3 is 16.0 Å². The normalized spacial score (nSPS) is 23.9. The molecule has 27 heavy (non-hydrogen) atoms. The Morgan fingerprint density at radius 2 is 1.81 bits per heavy atom. The van der Waals surface area contributed by atoms with Gasteiger partial charge in [-0.15, -0.1) is 0 Å². The zero-order valence-electron chi connectivity index (χ0n) is 15.5. The van der Waals surface area contributed by atoms with Gasteiger partial charge in [0.2, 0.25) is 0 Å². The standard InChI is InChI=1S/C22H25N3O2/c1-14-7-8-16(11-20(14)24-21(26)15-5-3-2-4-6-15)22(27)25-12-17-9-10-19(23)18(17)13-25/h2-8,11,17-19H,9-10,12-13,23H2,1H3,(H,24,26). The minimum absolute atomic E-state index is 0.0202. The number of hydrogen-bond acceptors (Lipinski definition) is 3. The first kappa shape index (κ1) is 17.7. The van der Waals surface area contributed by atoms with E-state index in [0.29, 0.717) is 28.7 Å². The zero-order chi connectivity index (χ0) is 19.0. The van der Waals surface area contributed by atoms with Crippen molar-refractivity contribution in [1.29, 1.82) is 0 Å². The van der Waals surface area contributed by atoms with Gasteiger partial charge in [-0.25, -0.2) is 0 Å². The van der Waals surface area contributed by atoms with Gasteiger partial charge >= 0.3 is 0 Å². The fourth-order valence-electron chi connectivity index (χ4n) is 4.33. The van der Waals surface area contributed by atoms with Crippen molar-refractivity contribution in [3.63, 3.8) is 0 Å². The number of benzene rings is 2. The van der Waals surface area contributed by atoms with Gasteiger partial charge in [0.25, 0.3) is 11.8 Å². The van der Waals surface area contributed by atoms with Gasteiger partial charge in [0.1, 0.15) is 0 Å². The molecule has 4 rings (SSSR count). The quantitative estimate of drug-likeness (QED) is 0.880. The summed E-state index contributed by atoms with van der Waals surface area (Å²) in [6.07, 6.45) is 2.18. The maximum absolute atomic E-state index is 13.0. The van der Waals surface area contributed by atoms with Gasteiger partial charge in [0.05, 0.1) is 0 Å². The number of nitrogens with zero attached hydrogens (tertiary/aromatic N) is 1. The summed E-state index contributed by atoms with van der Waals surface area (Å²) >= 11 is 0. The van der Waals surface area contributed by atoms with E-state index >= 15 is 0 Å². The lowest BCUT2D eigenvalue weighted by Gasteiger charge is -2.19. The number of nitrogens with two attached hydrogens (primary N) is 1. The van der Waals surface area contributed by atoms with Crippen molar-refractivity contribution in [1.82, 2.24) is 4.90 Å². The highest BCUT2D eigenvalue weighted by Crippen LogP contribution is 2.37. The van der Waals surface area contributed by atoms with Crippen molar-refractivity contribution in [3.05, 3.63) is 65.2 Å². The fraction of sp³-hybridized carbons (Fsp3) is 0.364. The third kappa shape index (κ3) is 3.47. The second kappa shape index (κ2) is 7.16.